The van der Waals surface area contributed by atoms with Crippen LogP contribution in [-0.4, -0.2) is 28.2 Å². The van der Waals surface area contributed by atoms with E-state index in [9.17, 15) is 4.79 Å². The molecule has 106 valence electrons. The third-order valence-electron chi connectivity index (χ3n) is 2.96. The number of carbonyl (C=O) groups is 1. The van der Waals surface area contributed by atoms with Crippen molar-refractivity contribution in [3.63, 3.8) is 0 Å². The van der Waals surface area contributed by atoms with Crippen LogP contribution in [-0.2, 0) is 17.9 Å². The highest BCUT2D eigenvalue weighted by Crippen LogP contribution is 1.97. The molecule has 0 saturated heterocycles. The minimum absolute atomic E-state index is 0.0502. The normalized spacial score (nSPS) is 12.1. The number of aromatic nitrogens is 2. The molecule has 1 aromatic carbocycles. The average molecular weight is 274 g/mol. The lowest BCUT2D eigenvalue weighted by atomic mass is 10.2. The zero-order valence-corrected chi connectivity index (χ0v) is 11.6. The highest BCUT2D eigenvalue weighted by molar-refractivity contribution is 5.75. The van der Waals surface area contributed by atoms with Crippen LogP contribution in [0, 0.1) is 0 Å². The first-order valence-electron chi connectivity index (χ1n) is 6.66. The molecule has 0 spiro atoms. The van der Waals surface area contributed by atoms with Gasteiger partial charge in [0.1, 0.15) is 18.9 Å². The highest BCUT2D eigenvalue weighted by atomic mass is 16.3. The molecule has 0 saturated carbocycles. The molecule has 1 heterocycles. The second-order valence-corrected chi connectivity index (χ2v) is 4.90. The highest BCUT2D eigenvalue weighted by Gasteiger charge is 2.11. The van der Waals surface area contributed by atoms with Gasteiger partial charge in [-0.3, -0.25) is 4.79 Å². The summed E-state index contributed by atoms with van der Waals surface area (Å²) < 4.78 is 3.85. The number of amides is 1. The number of rotatable bonds is 6. The molecule has 0 bridgehead atoms. The van der Waals surface area contributed by atoms with E-state index in [0.29, 0.717) is 0 Å². The van der Waals surface area contributed by atoms with Gasteiger partial charge in [0.2, 0.25) is 6.33 Å². The molecule has 20 heavy (non-hydrogen) atoms. The van der Waals surface area contributed by atoms with Crippen molar-refractivity contribution in [2.45, 2.75) is 26.1 Å². The first-order valence-corrected chi connectivity index (χ1v) is 6.66. The third-order valence-corrected chi connectivity index (χ3v) is 2.96. The Morgan fingerprint density at radius 1 is 1.40 bits per heavy atom. The number of carbonyl (C=O) groups excluding carboxylic acids is 1. The molecule has 0 fully saturated rings. The van der Waals surface area contributed by atoms with Crippen molar-refractivity contribution in [3.8, 4) is 0 Å². The van der Waals surface area contributed by atoms with Gasteiger partial charge in [-0.25, -0.2) is 9.13 Å². The number of aliphatic hydroxyl groups excluding tert-OH is 1. The molecule has 0 aliphatic carbocycles. The van der Waals surface area contributed by atoms with Crippen LogP contribution in [0.4, 0.5) is 0 Å². The standard InChI is InChI=1S/C15H19N3O2/c1-13(11-19)16-15(20)10-18-8-7-17(12-18)9-14-5-3-2-4-6-14/h2-8,12-13,19H,9-11H2,1H3/p+1/t13-/m0/s1. The Morgan fingerprint density at radius 2 is 2.15 bits per heavy atom. The van der Waals surface area contributed by atoms with E-state index in [1.165, 1.54) is 5.56 Å². The summed E-state index contributed by atoms with van der Waals surface area (Å²) in [5.41, 5.74) is 1.22. The molecule has 2 aromatic rings. The molecule has 5 nitrogen and oxygen atoms in total. The molecular weight excluding hydrogens is 254 g/mol. The van der Waals surface area contributed by atoms with Crippen molar-refractivity contribution in [1.29, 1.82) is 0 Å². The Kier molecular flexibility index (Phi) is 4.90. The van der Waals surface area contributed by atoms with E-state index < -0.39 is 0 Å². The minimum atomic E-state index is -0.213. The number of hydrogen-bond acceptors (Lipinski definition) is 2. The van der Waals surface area contributed by atoms with Gasteiger partial charge in [-0.05, 0) is 12.5 Å². The van der Waals surface area contributed by atoms with Gasteiger partial charge in [0, 0.05) is 6.04 Å². The maximum absolute atomic E-state index is 11.7. The van der Waals surface area contributed by atoms with Crippen LogP contribution in [0.25, 0.3) is 0 Å². The fourth-order valence-corrected chi connectivity index (χ4v) is 1.95. The van der Waals surface area contributed by atoms with Gasteiger partial charge in [-0.15, -0.1) is 0 Å². The van der Waals surface area contributed by atoms with Crippen LogP contribution in [0.1, 0.15) is 12.5 Å². The summed E-state index contributed by atoms with van der Waals surface area (Å²) in [5, 5.41) is 11.6. The summed E-state index contributed by atoms with van der Waals surface area (Å²) in [6, 6.07) is 9.94. The van der Waals surface area contributed by atoms with Gasteiger partial charge < -0.3 is 10.4 Å². The van der Waals surface area contributed by atoms with Crippen molar-refractivity contribution in [1.82, 2.24) is 9.88 Å². The lowest BCUT2D eigenvalue weighted by Gasteiger charge is -2.08. The van der Waals surface area contributed by atoms with E-state index in [1.54, 1.807) is 6.92 Å². The van der Waals surface area contributed by atoms with E-state index in [1.807, 2.05) is 46.1 Å². The van der Waals surface area contributed by atoms with Crippen molar-refractivity contribution < 1.29 is 14.5 Å². The van der Waals surface area contributed by atoms with E-state index in [2.05, 4.69) is 17.4 Å². The zero-order chi connectivity index (χ0) is 14.4. The largest absolute Gasteiger partial charge is 0.394 e. The number of aliphatic hydroxyl groups is 1. The molecule has 1 atom stereocenters. The summed E-state index contributed by atoms with van der Waals surface area (Å²) in [6.45, 7) is 2.75. The Bertz CT molecular complexity index is 551. The lowest BCUT2D eigenvalue weighted by Crippen LogP contribution is -2.37. The topological polar surface area (TPSA) is 58.1 Å². The van der Waals surface area contributed by atoms with Gasteiger partial charge in [0.25, 0.3) is 5.91 Å². The van der Waals surface area contributed by atoms with E-state index in [0.717, 1.165) is 6.54 Å². The van der Waals surface area contributed by atoms with E-state index in [4.69, 9.17) is 5.11 Å². The molecule has 0 unspecified atom stereocenters. The number of hydrogen-bond donors (Lipinski definition) is 2. The van der Waals surface area contributed by atoms with Crippen LogP contribution < -0.4 is 9.88 Å². The molecular formula is C15H20N3O2+. The van der Waals surface area contributed by atoms with Crippen molar-refractivity contribution in [3.05, 3.63) is 54.6 Å². The molecule has 2 N–H and O–H groups in total. The SMILES string of the molecule is C[C@@H](CO)NC(=O)Cn1cc[n+](Cc2ccccc2)c1. The second kappa shape index (κ2) is 6.86. The van der Waals surface area contributed by atoms with Crippen LogP contribution >= 0.6 is 0 Å². The smallest absolute Gasteiger partial charge is 0.262 e. The molecule has 1 aromatic heterocycles. The Labute approximate surface area is 118 Å². The van der Waals surface area contributed by atoms with Crippen LogP contribution in [0.3, 0.4) is 0 Å². The first-order chi connectivity index (χ1) is 9.67. The summed E-state index contributed by atoms with van der Waals surface area (Å²) in [4.78, 5) is 11.7. The summed E-state index contributed by atoms with van der Waals surface area (Å²) in [5.74, 6) is -0.103. The Hall–Kier alpha value is -2.14. The van der Waals surface area contributed by atoms with Gasteiger partial charge >= 0.3 is 0 Å². The van der Waals surface area contributed by atoms with Gasteiger partial charge in [-0.2, -0.15) is 0 Å². The molecule has 2 rings (SSSR count). The van der Waals surface area contributed by atoms with Gasteiger partial charge in [0.05, 0.1) is 6.61 Å². The predicted molar refractivity (Wildman–Crippen MR) is 74.9 cm³/mol. The Morgan fingerprint density at radius 3 is 2.85 bits per heavy atom. The third kappa shape index (κ3) is 4.20. The van der Waals surface area contributed by atoms with Gasteiger partial charge in [-0.1, -0.05) is 30.3 Å². The van der Waals surface area contributed by atoms with Crippen molar-refractivity contribution >= 4 is 5.91 Å². The zero-order valence-electron chi connectivity index (χ0n) is 11.6. The van der Waals surface area contributed by atoms with Gasteiger partial charge in [0.15, 0.2) is 6.54 Å². The molecule has 1 amide bonds. The lowest BCUT2D eigenvalue weighted by molar-refractivity contribution is -0.687. The average Bonchev–Trinajstić information content (AvgIpc) is 2.86. The van der Waals surface area contributed by atoms with Crippen molar-refractivity contribution in [2.24, 2.45) is 0 Å². The molecule has 0 radical (unpaired) electrons. The maximum atomic E-state index is 11.7. The van der Waals surface area contributed by atoms with Crippen LogP contribution in [0.15, 0.2) is 49.1 Å². The fraction of sp³-hybridized carbons (Fsp3) is 0.333. The Balaban J connectivity index is 1.91. The number of benzene rings is 1. The maximum Gasteiger partial charge on any atom is 0.262 e. The molecule has 0 aliphatic rings. The summed E-state index contributed by atoms with van der Waals surface area (Å²) in [6.07, 6.45) is 5.71. The van der Waals surface area contributed by atoms with Crippen LogP contribution in [0.5, 0.6) is 0 Å². The molecule has 0 aliphatic heterocycles. The fourth-order valence-electron chi connectivity index (χ4n) is 1.95. The monoisotopic (exact) mass is 274 g/mol. The van der Waals surface area contributed by atoms with Crippen molar-refractivity contribution in [2.75, 3.05) is 6.61 Å². The predicted octanol–water partition coefficient (Wildman–Crippen LogP) is 0.321. The minimum Gasteiger partial charge on any atom is -0.394 e. The van der Waals surface area contributed by atoms with Crippen LogP contribution in [0.2, 0.25) is 0 Å². The quantitative estimate of drug-likeness (QED) is 0.745. The first kappa shape index (κ1) is 14.3. The summed E-state index contributed by atoms with van der Waals surface area (Å²) >= 11 is 0. The second-order valence-electron chi connectivity index (χ2n) is 4.90. The van der Waals surface area contributed by atoms with E-state index in [-0.39, 0.29) is 25.1 Å². The number of nitrogens with one attached hydrogen (secondary N) is 1. The van der Waals surface area contributed by atoms with E-state index >= 15 is 0 Å². The number of nitrogens with zero attached hydrogens (tertiary/aromatic N) is 2. The summed E-state index contributed by atoms with van der Waals surface area (Å²) in [7, 11) is 0. The molecule has 5 heteroatoms. The number of imidazole rings is 1.